The smallest absolute Gasteiger partial charge is 0.118 e. The van der Waals surface area contributed by atoms with Crippen molar-refractivity contribution in [2.45, 2.75) is 31.8 Å². The Morgan fingerprint density at radius 3 is 2.65 bits per heavy atom. The molecule has 2 aromatic rings. The lowest BCUT2D eigenvalue weighted by atomic mass is 9.78. The average Bonchev–Trinajstić information content (AvgIpc) is 2.71. The Labute approximate surface area is 156 Å². The summed E-state index contributed by atoms with van der Waals surface area (Å²) in [7, 11) is 1.72. The van der Waals surface area contributed by atoms with E-state index in [4.69, 9.17) is 4.74 Å². The minimum atomic E-state index is 0.552. The highest BCUT2D eigenvalue weighted by molar-refractivity contribution is 5.54. The summed E-state index contributed by atoms with van der Waals surface area (Å²) in [6.45, 7) is 2.16. The maximum atomic E-state index is 5.29. The molecule has 1 heterocycles. The van der Waals surface area contributed by atoms with Crippen molar-refractivity contribution < 1.29 is 4.74 Å². The number of allylic oxidation sites excluding steroid dienone is 1. The maximum absolute atomic E-state index is 5.29. The highest BCUT2D eigenvalue weighted by Gasteiger charge is 2.33. The molecular formula is C24H27NO. The molecule has 2 atom stereocenters. The standard InChI is InChI=1S/C24H27NO/c1-26-22-13-11-20(12-14-22)18-25-16-15-21(17-19-7-3-2-4-8-19)23-9-5-6-10-24(23)25/h2-5,7-9,11-14,17,23-24H,6,10,15-16,18H2,1H3/b21-17+/t23-,24+/m0/s1. The summed E-state index contributed by atoms with van der Waals surface area (Å²) in [5.41, 5.74) is 4.28. The van der Waals surface area contributed by atoms with Crippen molar-refractivity contribution in [3.05, 3.63) is 83.4 Å². The maximum Gasteiger partial charge on any atom is 0.118 e. The van der Waals surface area contributed by atoms with Crippen LogP contribution in [-0.2, 0) is 6.54 Å². The highest BCUT2D eigenvalue weighted by atomic mass is 16.5. The first-order valence-electron chi connectivity index (χ1n) is 9.62. The van der Waals surface area contributed by atoms with Gasteiger partial charge in [-0.3, -0.25) is 4.90 Å². The average molecular weight is 345 g/mol. The predicted molar refractivity (Wildman–Crippen MR) is 108 cm³/mol. The van der Waals surface area contributed by atoms with Gasteiger partial charge in [-0.1, -0.05) is 66.3 Å². The monoisotopic (exact) mass is 345 g/mol. The van der Waals surface area contributed by atoms with Crippen LogP contribution in [-0.4, -0.2) is 24.6 Å². The van der Waals surface area contributed by atoms with E-state index in [1.807, 2.05) is 0 Å². The molecule has 1 saturated heterocycles. The Kier molecular flexibility index (Phi) is 5.21. The normalized spacial score (nSPS) is 24.4. The van der Waals surface area contributed by atoms with E-state index in [1.54, 1.807) is 12.7 Å². The van der Waals surface area contributed by atoms with Gasteiger partial charge in [-0.15, -0.1) is 0 Å². The number of hydrogen-bond donors (Lipinski definition) is 0. The number of likely N-dealkylation sites (tertiary alicyclic amines) is 1. The first-order valence-corrected chi connectivity index (χ1v) is 9.62. The molecule has 134 valence electrons. The van der Waals surface area contributed by atoms with Gasteiger partial charge in [0, 0.05) is 25.0 Å². The number of benzene rings is 2. The summed E-state index contributed by atoms with van der Waals surface area (Å²) in [5.74, 6) is 1.48. The van der Waals surface area contributed by atoms with Gasteiger partial charge >= 0.3 is 0 Å². The number of hydrogen-bond acceptors (Lipinski definition) is 2. The van der Waals surface area contributed by atoms with Crippen molar-refractivity contribution in [1.29, 1.82) is 0 Å². The Hall–Kier alpha value is -2.32. The molecule has 26 heavy (non-hydrogen) atoms. The molecule has 0 spiro atoms. The van der Waals surface area contributed by atoms with E-state index in [9.17, 15) is 0 Å². The SMILES string of the molecule is COc1ccc(CN2CC/C(=C\c3ccccc3)[C@@H]3C=CCC[C@H]32)cc1. The largest absolute Gasteiger partial charge is 0.497 e. The molecule has 2 aromatic carbocycles. The first kappa shape index (κ1) is 17.1. The molecule has 1 aliphatic heterocycles. The fraction of sp³-hybridized carbons (Fsp3) is 0.333. The van der Waals surface area contributed by atoms with Gasteiger partial charge in [0.05, 0.1) is 7.11 Å². The lowest BCUT2D eigenvalue weighted by molar-refractivity contribution is 0.126. The minimum Gasteiger partial charge on any atom is -0.497 e. The number of methoxy groups -OCH3 is 1. The Morgan fingerprint density at radius 2 is 1.88 bits per heavy atom. The van der Waals surface area contributed by atoms with Gasteiger partial charge in [0.1, 0.15) is 5.75 Å². The highest BCUT2D eigenvalue weighted by Crippen LogP contribution is 2.37. The Balaban J connectivity index is 1.53. The molecule has 1 fully saturated rings. The van der Waals surface area contributed by atoms with Gasteiger partial charge < -0.3 is 4.74 Å². The molecule has 1 aliphatic carbocycles. The van der Waals surface area contributed by atoms with E-state index in [-0.39, 0.29) is 0 Å². The summed E-state index contributed by atoms with van der Waals surface area (Å²) in [6.07, 6.45) is 10.8. The van der Waals surface area contributed by atoms with Crippen molar-refractivity contribution in [2.24, 2.45) is 5.92 Å². The molecule has 0 aromatic heterocycles. The van der Waals surface area contributed by atoms with E-state index in [1.165, 1.54) is 24.0 Å². The van der Waals surface area contributed by atoms with Crippen LogP contribution in [0.5, 0.6) is 5.75 Å². The van der Waals surface area contributed by atoms with E-state index >= 15 is 0 Å². The first-order chi connectivity index (χ1) is 12.8. The lowest BCUT2D eigenvalue weighted by Crippen LogP contribution is -2.46. The third-order valence-corrected chi connectivity index (χ3v) is 5.67. The van der Waals surface area contributed by atoms with Crippen molar-refractivity contribution in [1.82, 2.24) is 4.90 Å². The lowest BCUT2D eigenvalue weighted by Gasteiger charge is -2.43. The number of ether oxygens (including phenoxy) is 1. The number of piperidine rings is 1. The Bertz CT molecular complexity index is 776. The second-order valence-electron chi connectivity index (χ2n) is 7.30. The van der Waals surface area contributed by atoms with Crippen LogP contribution in [0.15, 0.2) is 72.3 Å². The summed E-state index contributed by atoms with van der Waals surface area (Å²) in [5, 5.41) is 0. The van der Waals surface area contributed by atoms with Gasteiger partial charge in [-0.2, -0.15) is 0 Å². The van der Waals surface area contributed by atoms with Gasteiger partial charge in [0.25, 0.3) is 0 Å². The summed E-state index contributed by atoms with van der Waals surface area (Å²) in [6, 6.07) is 19.9. The topological polar surface area (TPSA) is 12.5 Å². The molecule has 0 bridgehead atoms. The number of rotatable bonds is 4. The molecule has 2 nitrogen and oxygen atoms in total. The van der Waals surface area contributed by atoms with Crippen LogP contribution in [0.3, 0.4) is 0 Å². The van der Waals surface area contributed by atoms with E-state index in [2.05, 4.69) is 77.7 Å². The summed E-state index contributed by atoms with van der Waals surface area (Å²) >= 11 is 0. The third kappa shape index (κ3) is 3.76. The van der Waals surface area contributed by atoms with Crippen molar-refractivity contribution in [3.63, 3.8) is 0 Å². The Morgan fingerprint density at radius 1 is 1.08 bits per heavy atom. The fourth-order valence-electron chi connectivity index (χ4n) is 4.30. The third-order valence-electron chi connectivity index (χ3n) is 5.67. The zero-order chi connectivity index (χ0) is 17.8. The quantitative estimate of drug-likeness (QED) is 0.696. The molecule has 0 radical (unpaired) electrons. The molecule has 2 heteroatoms. The molecule has 0 saturated carbocycles. The van der Waals surface area contributed by atoms with Crippen LogP contribution >= 0.6 is 0 Å². The van der Waals surface area contributed by atoms with Crippen molar-refractivity contribution >= 4 is 6.08 Å². The zero-order valence-electron chi connectivity index (χ0n) is 15.5. The van der Waals surface area contributed by atoms with E-state index in [0.717, 1.165) is 25.3 Å². The van der Waals surface area contributed by atoms with Crippen molar-refractivity contribution in [2.75, 3.05) is 13.7 Å². The molecular weight excluding hydrogens is 318 g/mol. The zero-order valence-corrected chi connectivity index (χ0v) is 15.5. The van der Waals surface area contributed by atoms with Crippen molar-refractivity contribution in [3.8, 4) is 5.75 Å². The van der Waals surface area contributed by atoms with Gasteiger partial charge in [-0.25, -0.2) is 0 Å². The number of nitrogens with zero attached hydrogens (tertiary/aromatic N) is 1. The molecule has 2 aliphatic rings. The van der Waals surface area contributed by atoms with Crippen LogP contribution in [0, 0.1) is 5.92 Å². The fourth-order valence-corrected chi connectivity index (χ4v) is 4.30. The van der Waals surface area contributed by atoms with Gasteiger partial charge in [0.15, 0.2) is 0 Å². The second kappa shape index (κ2) is 7.92. The van der Waals surface area contributed by atoms with Crippen LogP contribution in [0.2, 0.25) is 0 Å². The van der Waals surface area contributed by atoms with E-state index < -0.39 is 0 Å². The van der Waals surface area contributed by atoms with Gasteiger partial charge in [0.2, 0.25) is 0 Å². The van der Waals surface area contributed by atoms with Crippen LogP contribution in [0.25, 0.3) is 6.08 Å². The predicted octanol–water partition coefficient (Wildman–Crippen LogP) is 5.32. The number of fused-ring (bicyclic) bond motifs is 1. The molecule has 0 unspecified atom stereocenters. The second-order valence-corrected chi connectivity index (χ2v) is 7.30. The van der Waals surface area contributed by atoms with Crippen LogP contribution in [0.4, 0.5) is 0 Å². The molecule has 0 amide bonds. The van der Waals surface area contributed by atoms with Crippen LogP contribution < -0.4 is 4.74 Å². The minimum absolute atomic E-state index is 0.552. The van der Waals surface area contributed by atoms with Gasteiger partial charge in [-0.05, 0) is 42.5 Å². The molecule has 4 rings (SSSR count). The van der Waals surface area contributed by atoms with E-state index in [0.29, 0.717) is 12.0 Å². The molecule has 0 N–H and O–H groups in total. The summed E-state index contributed by atoms with van der Waals surface area (Å²) in [4.78, 5) is 2.68. The summed E-state index contributed by atoms with van der Waals surface area (Å²) < 4.78 is 5.29. The van der Waals surface area contributed by atoms with Crippen LogP contribution in [0.1, 0.15) is 30.4 Å².